The third-order valence-corrected chi connectivity index (χ3v) is 8.48. The van der Waals surface area contributed by atoms with Gasteiger partial charge in [0.15, 0.2) is 29.0 Å². The van der Waals surface area contributed by atoms with E-state index in [4.69, 9.17) is 40.9 Å². The van der Waals surface area contributed by atoms with E-state index >= 15 is 0 Å². The number of hydrogen-bond acceptors (Lipinski definition) is 8. The van der Waals surface area contributed by atoms with Gasteiger partial charge in [-0.3, -0.25) is 0 Å². The Balaban J connectivity index is 1.51. The molecule has 1 aromatic heterocycles. The predicted octanol–water partition coefficient (Wildman–Crippen LogP) is 7.96. The van der Waals surface area contributed by atoms with Crippen molar-refractivity contribution in [2.45, 2.75) is 19.9 Å². The lowest BCUT2D eigenvalue weighted by atomic mass is 9.92. The second kappa shape index (κ2) is 11.3. The standard InChI is InChI=1S/C35H31ClN6O3/c1-20-15-16-23(19-25(20)36)37-33-35-39-34-30(21(2)40-42(34)24-11-7-6-8-12-24)31(41(35)27-14-10-9-13-26(27)38-33)22-17-28(43-3)32(45-5)29(18-22)44-4/h6-19,31H,1-5H3,(H,37,38). The highest BCUT2D eigenvalue weighted by molar-refractivity contribution is 6.51. The molecule has 2 aliphatic rings. The summed E-state index contributed by atoms with van der Waals surface area (Å²) in [6, 6.07) is 27.5. The van der Waals surface area contributed by atoms with E-state index in [0.717, 1.165) is 45.1 Å². The molecule has 45 heavy (non-hydrogen) atoms. The first kappa shape index (κ1) is 28.5. The summed E-state index contributed by atoms with van der Waals surface area (Å²) in [5, 5.41) is 9.20. The number of aliphatic imine (C=N–C) groups is 2. The highest BCUT2D eigenvalue weighted by Gasteiger charge is 2.42. The number of aromatic nitrogens is 2. The Morgan fingerprint density at radius 2 is 1.51 bits per heavy atom. The van der Waals surface area contributed by atoms with Crippen LogP contribution in [-0.4, -0.2) is 42.8 Å². The number of halogens is 1. The van der Waals surface area contributed by atoms with Gasteiger partial charge in [-0.15, -0.1) is 0 Å². The van der Waals surface area contributed by atoms with Crippen LogP contribution in [0.2, 0.25) is 5.02 Å². The molecule has 0 fully saturated rings. The van der Waals surface area contributed by atoms with Crippen molar-refractivity contribution < 1.29 is 14.2 Å². The van der Waals surface area contributed by atoms with Crippen molar-refractivity contribution in [3.8, 4) is 22.9 Å². The van der Waals surface area contributed by atoms with Crippen molar-refractivity contribution in [1.29, 1.82) is 0 Å². The molecule has 0 amide bonds. The summed E-state index contributed by atoms with van der Waals surface area (Å²) < 4.78 is 19.2. The Kier molecular flexibility index (Phi) is 7.17. The molecule has 3 heterocycles. The zero-order valence-electron chi connectivity index (χ0n) is 25.5. The Morgan fingerprint density at radius 3 is 2.20 bits per heavy atom. The average molecular weight is 619 g/mol. The van der Waals surface area contributed by atoms with Crippen LogP contribution in [0.15, 0.2) is 94.9 Å². The molecule has 1 N–H and O–H groups in total. The van der Waals surface area contributed by atoms with E-state index in [2.05, 4.69) is 16.3 Å². The number of para-hydroxylation sites is 3. The molecule has 5 aromatic rings. The number of rotatable bonds is 6. The Morgan fingerprint density at radius 1 is 0.800 bits per heavy atom. The minimum absolute atomic E-state index is 0.381. The molecule has 1 atom stereocenters. The fourth-order valence-corrected chi connectivity index (χ4v) is 6.11. The number of nitrogens with zero attached hydrogens (tertiary/aromatic N) is 5. The van der Waals surface area contributed by atoms with E-state index in [9.17, 15) is 0 Å². The first-order valence-corrected chi connectivity index (χ1v) is 14.8. The minimum atomic E-state index is -0.381. The van der Waals surface area contributed by atoms with Crippen LogP contribution in [0.3, 0.4) is 0 Å². The van der Waals surface area contributed by atoms with Crippen molar-refractivity contribution in [2.24, 2.45) is 9.98 Å². The normalized spacial score (nSPS) is 14.9. The number of fused-ring (bicyclic) bond motifs is 4. The average Bonchev–Trinajstić information content (AvgIpc) is 3.40. The largest absolute Gasteiger partial charge is 0.493 e. The maximum Gasteiger partial charge on any atom is 0.203 e. The van der Waals surface area contributed by atoms with Gasteiger partial charge in [0, 0.05) is 16.3 Å². The Bertz CT molecular complexity index is 1980. The fourth-order valence-electron chi connectivity index (χ4n) is 5.93. The molecule has 226 valence electrons. The van der Waals surface area contributed by atoms with Gasteiger partial charge in [-0.2, -0.15) is 5.10 Å². The quantitative estimate of drug-likeness (QED) is 0.208. The molecule has 0 bridgehead atoms. The van der Waals surface area contributed by atoms with Crippen LogP contribution in [0.5, 0.6) is 17.2 Å². The number of benzene rings is 4. The summed E-state index contributed by atoms with van der Waals surface area (Å²) in [5.74, 6) is 3.54. The van der Waals surface area contributed by atoms with Crippen LogP contribution < -0.4 is 24.4 Å². The van der Waals surface area contributed by atoms with E-state index in [0.29, 0.717) is 39.8 Å². The second-order valence-corrected chi connectivity index (χ2v) is 11.2. The van der Waals surface area contributed by atoms with Crippen molar-refractivity contribution in [1.82, 2.24) is 9.78 Å². The van der Waals surface area contributed by atoms with E-state index in [1.54, 1.807) is 21.3 Å². The molecule has 0 radical (unpaired) electrons. The Labute approximate surface area is 266 Å². The first-order chi connectivity index (χ1) is 21.9. The molecule has 10 heteroatoms. The van der Waals surface area contributed by atoms with Gasteiger partial charge in [0.25, 0.3) is 0 Å². The molecule has 0 saturated carbocycles. The monoisotopic (exact) mass is 618 g/mol. The van der Waals surface area contributed by atoms with Crippen LogP contribution in [0.1, 0.15) is 28.4 Å². The van der Waals surface area contributed by atoms with Crippen molar-refractivity contribution >= 4 is 46.2 Å². The smallest absolute Gasteiger partial charge is 0.203 e. The van der Waals surface area contributed by atoms with Crippen LogP contribution in [0, 0.1) is 13.8 Å². The van der Waals surface area contributed by atoms with Gasteiger partial charge in [0.05, 0.1) is 50.1 Å². The molecule has 4 aromatic carbocycles. The SMILES string of the molecule is COc1cc(C2c3c(C)nn(-c4ccccc4)c3N=C3C(Nc4ccc(C)c(Cl)c4)=Nc4ccccc4N32)cc(OC)c1OC. The van der Waals surface area contributed by atoms with E-state index in [-0.39, 0.29) is 6.04 Å². The second-order valence-electron chi connectivity index (χ2n) is 10.8. The third-order valence-electron chi connectivity index (χ3n) is 8.08. The number of ether oxygens (including phenoxy) is 3. The molecule has 0 aliphatic carbocycles. The van der Waals surface area contributed by atoms with Crippen molar-refractivity contribution in [2.75, 3.05) is 31.5 Å². The van der Waals surface area contributed by atoms with Crippen molar-refractivity contribution in [3.63, 3.8) is 0 Å². The van der Waals surface area contributed by atoms with Gasteiger partial charge < -0.3 is 24.4 Å². The highest BCUT2D eigenvalue weighted by Crippen LogP contribution is 2.50. The van der Waals surface area contributed by atoms with Gasteiger partial charge in [0.2, 0.25) is 5.75 Å². The number of amidine groups is 2. The van der Waals surface area contributed by atoms with Crippen LogP contribution >= 0.6 is 11.6 Å². The summed E-state index contributed by atoms with van der Waals surface area (Å²) in [6.07, 6.45) is 0. The number of nitrogens with one attached hydrogen (secondary N) is 1. The van der Waals surface area contributed by atoms with E-state index in [1.807, 2.05) is 97.4 Å². The minimum Gasteiger partial charge on any atom is -0.493 e. The Hall–Kier alpha value is -5.28. The molecule has 9 nitrogen and oxygen atoms in total. The van der Waals surface area contributed by atoms with Crippen LogP contribution in [0.4, 0.5) is 22.9 Å². The third kappa shape index (κ3) is 4.76. The number of aryl methyl sites for hydroxylation is 2. The zero-order valence-corrected chi connectivity index (χ0v) is 26.3. The van der Waals surface area contributed by atoms with Crippen LogP contribution in [0.25, 0.3) is 5.69 Å². The lowest BCUT2D eigenvalue weighted by molar-refractivity contribution is 0.323. The van der Waals surface area contributed by atoms with Gasteiger partial charge in [-0.25, -0.2) is 14.7 Å². The molecule has 7 rings (SSSR count). The van der Waals surface area contributed by atoms with Gasteiger partial charge >= 0.3 is 0 Å². The summed E-state index contributed by atoms with van der Waals surface area (Å²) in [4.78, 5) is 12.6. The molecule has 1 unspecified atom stereocenters. The summed E-state index contributed by atoms with van der Waals surface area (Å²) >= 11 is 6.53. The maximum absolute atomic E-state index is 6.53. The predicted molar refractivity (Wildman–Crippen MR) is 179 cm³/mol. The van der Waals surface area contributed by atoms with E-state index < -0.39 is 0 Å². The molecule has 0 saturated heterocycles. The van der Waals surface area contributed by atoms with E-state index in [1.165, 1.54) is 0 Å². The zero-order chi connectivity index (χ0) is 31.2. The molecular weight excluding hydrogens is 588 g/mol. The molecular formula is C35H31ClN6O3. The summed E-state index contributed by atoms with van der Waals surface area (Å²) in [7, 11) is 4.84. The highest BCUT2D eigenvalue weighted by atomic mass is 35.5. The lowest BCUT2D eigenvalue weighted by Crippen LogP contribution is -2.46. The van der Waals surface area contributed by atoms with Crippen LogP contribution in [-0.2, 0) is 0 Å². The lowest BCUT2D eigenvalue weighted by Gasteiger charge is -2.40. The van der Waals surface area contributed by atoms with Gasteiger partial charge in [-0.05, 0) is 73.5 Å². The molecule has 2 aliphatic heterocycles. The van der Waals surface area contributed by atoms with Crippen molar-refractivity contribution in [3.05, 3.63) is 112 Å². The topological polar surface area (TPSA) is 85.5 Å². The number of hydrogen-bond donors (Lipinski definition) is 1. The molecule has 0 spiro atoms. The summed E-state index contributed by atoms with van der Waals surface area (Å²) in [6.45, 7) is 3.99. The fraction of sp³-hybridized carbons (Fsp3) is 0.171. The van der Waals surface area contributed by atoms with Gasteiger partial charge in [0.1, 0.15) is 0 Å². The number of methoxy groups -OCH3 is 3. The number of anilines is 2. The first-order valence-electron chi connectivity index (χ1n) is 14.5. The summed E-state index contributed by atoms with van der Waals surface area (Å²) in [5.41, 5.74) is 7.09. The maximum atomic E-state index is 6.53. The van der Waals surface area contributed by atoms with Gasteiger partial charge in [-0.1, -0.05) is 48.0 Å².